The van der Waals surface area contributed by atoms with Crippen molar-refractivity contribution in [2.24, 2.45) is 0 Å². The summed E-state index contributed by atoms with van der Waals surface area (Å²) in [7, 11) is 3.21. The van der Waals surface area contributed by atoms with Crippen molar-refractivity contribution in [3.63, 3.8) is 0 Å². The van der Waals surface area contributed by atoms with Crippen LogP contribution < -0.4 is 14.2 Å². The van der Waals surface area contributed by atoms with Crippen LogP contribution in [0, 0.1) is 0 Å². The Hall–Kier alpha value is -2.11. The first-order valence-corrected chi connectivity index (χ1v) is 8.87. The molecule has 0 spiro atoms. The molecular formula is C19H19Cl2NO4. The summed E-state index contributed by atoms with van der Waals surface area (Å²) in [4.78, 5) is 14.3. The third kappa shape index (κ3) is 3.84. The Kier molecular flexibility index (Phi) is 5.79. The molecule has 0 unspecified atom stereocenters. The van der Waals surface area contributed by atoms with Crippen LogP contribution in [0.3, 0.4) is 0 Å². The highest BCUT2D eigenvalue weighted by Crippen LogP contribution is 2.34. The molecule has 0 bridgehead atoms. The maximum absolute atomic E-state index is 12.5. The standard InChI is InChI=1S/C19H19Cl2NO4/c1-24-16-8-12-6-7-22(10-13(12)9-17(16)25-2)18(23)11-26-15-5-3-4-14(20)19(15)21/h3-5,8-9H,6-7,10-11H2,1-2H3. The number of benzene rings is 2. The van der Waals surface area contributed by atoms with Gasteiger partial charge in [0, 0.05) is 13.1 Å². The Bertz CT molecular complexity index is 825. The Morgan fingerprint density at radius 3 is 2.46 bits per heavy atom. The summed E-state index contributed by atoms with van der Waals surface area (Å²) in [6.07, 6.45) is 0.749. The van der Waals surface area contributed by atoms with Crippen LogP contribution in [0.4, 0.5) is 0 Å². The Morgan fingerprint density at radius 1 is 1.08 bits per heavy atom. The SMILES string of the molecule is COc1cc2c(cc1OC)CN(C(=O)COc1cccc(Cl)c1Cl)CC2. The molecule has 0 saturated carbocycles. The van der Waals surface area contributed by atoms with E-state index in [1.807, 2.05) is 12.1 Å². The molecule has 3 rings (SSSR count). The van der Waals surface area contributed by atoms with Gasteiger partial charge in [-0.15, -0.1) is 0 Å². The van der Waals surface area contributed by atoms with Crippen LogP contribution in [0.25, 0.3) is 0 Å². The third-order valence-corrected chi connectivity index (χ3v) is 5.14. The molecule has 138 valence electrons. The van der Waals surface area contributed by atoms with Crippen LogP contribution in [-0.4, -0.2) is 38.2 Å². The van der Waals surface area contributed by atoms with E-state index in [1.54, 1.807) is 37.3 Å². The van der Waals surface area contributed by atoms with E-state index in [-0.39, 0.29) is 12.5 Å². The second-order valence-corrected chi connectivity index (χ2v) is 6.67. The number of carbonyl (C=O) groups is 1. The number of rotatable bonds is 5. The van der Waals surface area contributed by atoms with E-state index in [4.69, 9.17) is 37.4 Å². The second kappa shape index (κ2) is 8.06. The average Bonchev–Trinajstić information content (AvgIpc) is 2.67. The molecule has 2 aromatic rings. The summed E-state index contributed by atoms with van der Waals surface area (Å²) in [5, 5.41) is 0.701. The van der Waals surface area contributed by atoms with Crippen molar-refractivity contribution < 1.29 is 19.0 Å². The predicted octanol–water partition coefficient (Wildman–Crippen LogP) is 3.97. The molecule has 0 atom stereocenters. The van der Waals surface area contributed by atoms with Gasteiger partial charge < -0.3 is 19.1 Å². The molecule has 1 aliphatic rings. The summed E-state index contributed by atoms with van der Waals surface area (Å²) in [6.45, 7) is 1.03. The van der Waals surface area contributed by atoms with Gasteiger partial charge >= 0.3 is 0 Å². The molecule has 0 fully saturated rings. The van der Waals surface area contributed by atoms with Crippen molar-refractivity contribution in [2.45, 2.75) is 13.0 Å². The van der Waals surface area contributed by atoms with Crippen LogP contribution in [-0.2, 0) is 17.8 Å². The zero-order chi connectivity index (χ0) is 18.7. The molecule has 0 saturated heterocycles. The first-order chi connectivity index (χ1) is 12.5. The number of methoxy groups -OCH3 is 2. The van der Waals surface area contributed by atoms with Gasteiger partial charge in [0.15, 0.2) is 18.1 Å². The molecule has 1 aliphatic heterocycles. The van der Waals surface area contributed by atoms with Gasteiger partial charge in [-0.3, -0.25) is 4.79 Å². The smallest absolute Gasteiger partial charge is 0.260 e. The van der Waals surface area contributed by atoms with Gasteiger partial charge in [-0.1, -0.05) is 29.3 Å². The van der Waals surface area contributed by atoms with Crippen molar-refractivity contribution in [3.8, 4) is 17.2 Å². The number of ether oxygens (including phenoxy) is 3. The van der Waals surface area contributed by atoms with Gasteiger partial charge in [0.25, 0.3) is 5.91 Å². The molecule has 2 aromatic carbocycles. The molecule has 5 nitrogen and oxygen atoms in total. The van der Waals surface area contributed by atoms with Gasteiger partial charge in [-0.05, 0) is 41.8 Å². The number of hydrogen-bond acceptors (Lipinski definition) is 4. The predicted molar refractivity (Wildman–Crippen MR) is 101 cm³/mol. The lowest BCUT2D eigenvalue weighted by molar-refractivity contribution is -0.134. The first kappa shape index (κ1) is 18.7. The fourth-order valence-electron chi connectivity index (χ4n) is 2.92. The van der Waals surface area contributed by atoms with Gasteiger partial charge in [0.2, 0.25) is 0 Å². The van der Waals surface area contributed by atoms with Crippen molar-refractivity contribution in [3.05, 3.63) is 51.5 Å². The number of hydrogen-bond donors (Lipinski definition) is 0. The second-order valence-electron chi connectivity index (χ2n) is 5.88. The molecular weight excluding hydrogens is 377 g/mol. The van der Waals surface area contributed by atoms with Crippen LogP contribution in [0.5, 0.6) is 17.2 Å². The van der Waals surface area contributed by atoms with Crippen LogP contribution in [0.1, 0.15) is 11.1 Å². The Balaban J connectivity index is 1.68. The fourth-order valence-corrected chi connectivity index (χ4v) is 3.27. The summed E-state index contributed by atoms with van der Waals surface area (Å²) in [5.74, 6) is 1.64. The summed E-state index contributed by atoms with van der Waals surface area (Å²) >= 11 is 12.0. The van der Waals surface area contributed by atoms with Gasteiger partial charge in [0.05, 0.1) is 19.2 Å². The number of nitrogens with zero attached hydrogens (tertiary/aromatic N) is 1. The molecule has 0 N–H and O–H groups in total. The molecule has 7 heteroatoms. The molecule has 0 radical (unpaired) electrons. The molecule has 26 heavy (non-hydrogen) atoms. The fraction of sp³-hybridized carbons (Fsp3) is 0.316. The lowest BCUT2D eigenvalue weighted by Crippen LogP contribution is -2.38. The highest BCUT2D eigenvalue weighted by atomic mass is 35.5. The molecule has 0 aliphatic carbocycles. The maximum atomic E-state index is 12.5. The van der Waals surface area contributed by atoms with Gasteiger partial charge in [-0.2, -0.15) is 0 Å². The van der Waals surface area contributed by atoms with Crippen LogP contribution >= 0.6 is 23.2 Å². The third-order valence-electron chi connectivity index (χ3n) is 4.34. The topological polar surface area (TPSA) is 48.0 Å². The zero-order valence-electron chi connectivity index (χ0n) is 14.6. The molecule has 1 heterocycles. The van der Waals surface area contributed by atoms with E-state index in [2.05, 4.69) is 0 Å². The minimum atomic E-state index is -0.110. The summed E-state index contributed by atoms with van der Waals surface area (Å²) in [6, 6.07) is 8.97. The van der Waals surface area contributed by atoms with E-state index in [9.17, 15) is 4.79 Å². The highest BCUT2D eigenvalue weighted by Gasteiger charge is 2.23. The monoisotopic (exact) mass is 395 g/mol. The van der Waals surface area contributed by atoms with E-state index in [0.29, 0.717) is 40.4 Å². The van der Waals surface area contributed by atoms with Crippen molar-refractivity contribution in [2.75, 3.05) is 27.4 Å². The normalized spacial score (nSPS) is 13.2. The molecule has 1 amide bonds. The van der Waals surface area contributed by atoms with E-state index in [1.165, 1.54) is 0 Å². The lowest BCUT2D eigenvalue weighted by atomic mass is 9.99. The highest BCUT2D eigenvalue weighted by molar-refractivity contribution is 6.42. The number of amides is 1. The van der Waals surface area contributed by atoms with Crippen LogP contribution in [0.15, 0.2) is 30.3 Å². The zero-order valence-corrected chi connectivity index (χ0v) is 16.1. The molecule has 0 aromatic heterocycles. The largest absolute Gasteiger partial charge is 0.493 e. The van der Waals surface area contributed by atoms with Gasteiger partial charge in [0.1, 0.15) is 10.8 Å². The Morgan fingerprint density at radius 2 is 1.77 bits per heavy atom. The first-order valence-electron chi connectivity index (χ1n) is 8.12. The van der Waals surface area contributed by atoms with Crippen LogP contribution in [0.2, 0.25) is 10.0 Å². The van der Waals surface area contributed by atoms with Gasteiger partial charge in [-0.25, -0.2) is 0 Å². The van der Waals surface area contributed by atoms with E-state index in [0.717, 1.165) is 17.5 Å². The van der Waals surface area contributed by atoms with Crippen molar-refractivity contribution in [1.29, 1.82) is 0 Å². The maximum Gasteiger partial charge on any atom is 0.260 e. The Labute approximate surface area is 162 Å². The summed E-state index contributed by atoms with van der Waals surface area (Å²) in [5.41, 5.74) is 2.20. The van der Waals surface area contributed by atoms with Crippen molar-refractivity contribution in [1.82, 2.24) is 4.90 Å². The quantitative estimate of drug-likeness (QED) is 0.768. The minimum absolute atomic E-state index is 0.0946. The summed E-state index contributed by atoms with van der Waals surface area (Å²) < 4.78 is 16.2. The number of halogens is 2. The number of fused-ring (bicyclic) bond motifs is 1. The minimum Gasteiger partial charge on any atom is -0.493 e. The lowest BCUT2D eigenvalue weighted by Gasteiger charge is -2.29. The van der Waals surface area contributed by atoms with E-state index >= 15 is 0 Å². The van der Waals surface area contributed by atoms with Crippen molar-refractivity contribution >= 4 is 29.1 Å². The van der Waals surface area contributed by atoms with E-state index < -0.39 is 0 Å². The number of carbonyl (C=O) groups excluding carboxylic acids is 1. The average molecular weight is 396 g/mol.